The lowest BCUT2D eigenvalue weighted by Crippen LogP contribution is -2.41. The highest BCUT2D eigenvalue weighted by Crippen LogP contribution is 2.25. The van der Waals surface area contributed by atoms with E-state index >= 15 is 0 Å². The third kappa shape index (κ3) is 3.83. The van der Waals surface area contributed by atoms with Crippen LogP contribution in [0.1, 0.15) is 44.2 Å². The second-order valence-corrected chi connectivity index (χ2v) is 7.40. The van der Waals surface area contributed by atoms with Crippen LogP contribution in [-0.4, -0.2) is 30.6 Å². The van der Waals surface area contributed by atoms with Gasteiger partial charge in [-0.1, -0.05) is 38.1 Å². The molecule has 0 atom stereocenters. The van der Waals surface area contributed by atoms with Gasteiger partial charge in [0.25, 0.3) is 0 Å². The lowest BCUT2D eigenvalue weighted by atomic mass is 9.92. The molecule has 1 aliphatic carbocycles. The summed E-state index contributed by atoms with van der Waals surface area (Å²) in [5.41, 5.74) is 3.46. The minimum Gasteiger partial charge on any atom is -0.313 e. The van der Waals surface area contributed by atoms with Crippen LogP contribution >= 0.6 is 0 Å². The van der Waals surface area contributed by atoms with Gasteiger partial charge in [-0.25, -0.2) is 0 Å². The van der Waals surface area contributed by atoms with Gasteiger partial charge in [0.2, 0.25) is 0 Å². The van der Waals surface area contributed by atoms with Gasteiger partial charge in [-0.3, -0.25) is 4.90 Å². The van der Waals surface area contributed by atoms with E-state index in [1.165, 1.54) is 44.3 Å². The van der Waals surface area contributed by atoms with Crippen molar-refractivity contribution in [3.05, 3.63) is 35.4 Å². The molecule has 110 valence electrons. The van der Waals surface area contributed by atoms with Crippen molar-refractivity contribution in [1.82, 2.24) is 10.2 Å². The largest absolute Gasteiger partial charge is 0.313 e. The summed E-state index contributed by atoms with van der Waals surface area (Å²) in [7, 11) is 0. The Morgan fingerprint density at radius 2 is 1.95 bits per heavy atom. The van der Waals surface area contributed by atoms with Crippen LogP contribution in [-0.2, 0) is 13.0 Å². The van der Waals surface area contributed by atoms with Crippen molar-refractivity contribution >= 4 is 0 Å². The lowest BCUT2D eigenvalue weighted by Gasteiger charge is -2.32. The molecule has 1 aromatic carbocycles. The molecule has 2 aliphatic rings. The SMILES string of the molecule is CC(C)(CNC1CC1)CN1CCCc2ccccc2C1. The number of nitrogens with zero attached hydrogens (tertiary/aromatic N) is 1. The summed E-state index contributed by atoms with van der Waals surface area (Å²) < 4.78 is 0. The molecular weight excluding hydrogens is 244 g/mol. The minimum absolute atomic E-state index is 0.363. The second-order valence-electron chi connectivity index (χ2n) is 7.40. The molecule has 0 saturated heterocycles. The fourth-order valence-electron chi connectivity index (χ4n) is 3.27. The quantitative estimate of drug-likeness (QED) is 0.885. The Bertz CT molecular complexity index is 448. The average molecular weight is 272 g/mol. The molecule has 0 radical (unpaired) electrons. The van der Waals surface area contributed by atoms with Crippen LogP contribution in [0, 0.1) is 5.41 Å². The summed E-state index contributed by atoms with van der Waals surface area (Å²) in [5.74, 6) is 0. The fraction of sp³-hybridized carbons (Fsp3) is 0.667. The van der Waals surface area contributed by atoms with E-state index in [4.69, 9.17) is 0 Å². The maximum absolute atomic E-state index is 3.69. The summed E-state index contributed by atoms with van der Waals surface area (Å²) in [5, 5.41) is 3.69. The van der Waals surface area contributed by atoms with Gasteiger partial charge < -0.3 is 5.32 Å². The van der Waals surface area contributed by atoms with Gasteiger partial charge in [-0.05, 0) is 48.8 Å². The monoisotopic (exact) mass is 272 g/mol. The molecule has 1 aromatic rings. The molecule has 1 fully saturated rings. The van der Waals surface area contributed by atoms with Crippen molar-refractivity contribution in [2.45, 2.75) is 52.1 Å². The zero-order valence-electron chi connectivity index (χ0n) is 13.0. The topological polar surface area (TPSA) is 15.3 Å². The number of hydrogen-bond donors (Lipinski definition) is 1. The molecule has 0 unspecified atom stereocenters. The van der Waals surface area contributed by atoms with Gasteiger partial charge in [-0.2, -0.15) is 0 Å². The second kappa shape index (κ2) is 5.87. The Morgan fingerprint density at radius 1 is 1.20 bits per heavy atom. The highest BCUT2D eigenvalue weighted by atomic mass is 15.1. The first kappa shape index (κ1) is 14.1. The summed E-state index contributed by atoms with van der Waals surface area (Å²) in [6, 6.07) is 9.79. The first-order valence-electron chi connectivity index (χ1n) is 8.15. The van der Waals surface area contributed by atoms with Crippen LogP contribution in [0.25, 0.3) is 0 Å². The molecule has 0 bridgehead atoms. The van der Waals surface area contributed by atoms with Crippen LogP contribution in [0.15, 0.2) is 24.3 Å². The van der Waals surface area contributed by atoms with Crippen LogP contribution in [0.4, 0.5) is 0 Å². The summed E-state index contributed by atoms with van der Waals surface area (Å²) in [4.78, 5) is 2.65. The zero-order valence-corrected chi connectivity index (χ0v) is 13.0. The van der Waals surface area contributed by atoms with E-state index in [9.17, 15) is 0 Å². The van der Waals surface area contributed by atoms with E-state index in [0.29, 0.717) is 5.41 Å². The van der Waals surface area contributed by atoms with E-state index < -0.39 is 0 Å². The predicted molar refractivity (Wildman–Crippen MR) is 84.8 cm³/mol. The van der Waals surface area contributed by atoms with Crippen LogP contribution in [0.5, 0.6) is 0 Å². The molecular formula is C18H28N2. The molecule has 2 heteroatoms. The molecule has 2 nitrogen and oxygen atoms in total. The minimum atomic E-state index is 0.363. The van der Waals surface area contributed by atoms with E-state index in [0.717, 1.165) is 19.1 Å². The van der Waals surface area contributed by atoms with Gasteiger partial charge in [0.1, 0.15) is 0 Å². The smallest absolute Gasteiger partial charge is 0.0236 e. The maximum atomic E-state index is 3.69. The molecule has 20 heavy (non-hydrogen) atoms. The third-order valence-corrected chi connectivity index (χ3v) is 4.53. The van der Waals surface area contributed by atoms with Gasteiger partial charge in [0.05, 0.1) is 0 Å². The first-order chi connectivity index (χ1) is 9.62. The molecule has 1 heterocycles. The number of hydrogen-bond acceptors (Lipinski definition) is 2. The molecule has 1 saturated carbocycles. The van der Waals surface area contributed by atoms with E-state index in [1.54, 1.807) is 5.56 Å². The summed E-state index contributed by atoms with van der Waals surface area (Å²) >= 11 is 0. The lowest BCUT2D eigenvalue weighted by molar-refractivity contribution is 0.169. The zero-order chi connectivity index (χ0) is 14.0. The molecule has 0 aromatic heterocycles. The van der Waals surface area contributed by atoms with Gasteiger partial charge in [-0.15, -0.1) is 0 Å². The van der Waals surface area contributed by atoms with E-state index in [1.807, 2.05) is 0 Å². The van der Waals surface area contributed by atoms with Crippen molar-refractivity contribution in [3.63, 3.8) is 0 Å². The highest BCUT2D eigenvalue weighted by molar-refractivity contribution is 5.28. The van der Waals surface area contributed by atoms with Crippen LogP contribution < -0.4 is 5.32 Å². The third-order valence-electron chi connectivity index (χ3n) is 4.53. The van der Waals surface area contributed by atoms with Gasteiger partial charge in [0, 0.05) is 25.7 Å². The number of rotatable bonds is 5. The molecule has 1 aliphatic heterocycles. The first-order valence-corrected chi connectivity index (χ1v) is 8.15. The Hall–Kier alpha value is -0.860. The Kier molecular flexibility index (Phi) is 4.13. The Balaban J connectivity index is 1.59. The standard InChI is InChI=1S/C18H28N2/c1-18(2,13-19-17-9-10-17)14-20-11-5-8-15-6-3-4-7-16(15)12-20/h3-4,6-7,17,19H,5,8-14H2,1-2H3. The molecule has 1 N–H and O–H groups in total. The summed E-state index contributed by atoms with van der Waals surface area (Å²) in [6.45, 7) is 9.51. The number of fused-ring (bicyclic) bond motifs is 1. The van der Waals surface area contributed by atoms with Gasteiger partial charge >= 0.3 is 0 Å². The molecule has 0 spiro atoms. The highest BCUT2D eigenvalue weighted by Gasteiger charge is 2.27. The van der Waals surface area contributed by atoms with Crippen molar-refractivity contribution in [2.24, 2.45) is 5.41 Å². The normalized spacial score (nSPS) is 20.5. The van der Waals surface area contributed by atoms with E-state index in [-0.39, 0.29) is 0 Å². The predicted octanol–water partition coefficient (Wildman–Crippen LogP) is 3.21. The molecule has 3 rings (SSSR count). The maximum Gasteiger partial charge on any atom is 0.0236 e. The van der Waals surface area contributed by atoms with Crippen LogP contribution in [0.2, 0.25) is 0 Å². The van der Waals surface area contributed by atoms with Crippen molar-refractivity contribution in [2.75, 3.05) is 19.6 Å². The number of aryl methyl sites for hydroxylation is 1. The summed E-state index contributed by atoms with van der Waals surface area (Å²) in [6.07, 6.45) is 5.30. The fourth-order valence-corrected chi connectivity index (χ4v) is 3.27. The van der Waals surface area contributed by atoms with Gasteiger partial charge in [0.15, 0.2) is 0 Å². The molecule has 0 amide bonds. The van der Waals surface area contributed by atoms with Crippen molar-refractivity contribution < 1.29 is 0 Å². The number of nitrogens with one attached hydrogen (secondary N) is 1. The van der Waals surface area contributed by atoms with Crippen molar-refractivity contribution in [3.8, 4) is 0 Å². The average Bonchev–Trinajstić information content (AvgIpc) is 3.23. The Labute approximate surface area is 123 Å². The Morgan fingerprint density at radius 3 is 2.70 bits per heavy atom. The van der Waals surface area contributed by atoms with Crippen LogP contribution in [0.3, 0.4) is 0 Å². The van der Waals surface area contributed by atoms with E-state index in [2.05, 4.69) is 48.3 Å². The van der Waals surface area contributed by atoms with Crippen molar-refractivity contribution in [1.29, 1.82) is 0 Å². The number of benzene rings is 1.